The van der Waals surface area contributed by atoms with E-state index >= 15 is 0 Å². The Labute approximate surface area is 108 Å². The van der Waals surface area contributed by atoms with Crippen molar-refractivity contribution in [1.29, 1.82) is 0 Å². The molecule has 3 heteroatoms. The fourth-order valence-corrected chi connectivity index (χ4v) is 4.02. The smallest absolute Gasteiger partial charge is 0.0596 e. The molecule has 0 radical (unpaired) electrons. The van der Waals surface area contributed by atoms with E-state index in [-0.39, 0.29) is 0 Å². The highest BCUT2D eigenvalue weighted by molar-refractivity contribution is 6.18. The maximum atomic E-state index is 6.27. The summed E-state index contributed by atoms with van der Waals surface area (Å²) in [6.07, 6.45) is 5.27. The van der Waals surface area contributed by atoms with Crippen LogP contribution in [-0.2, 0) is 13.0 Å². The Morgan fingerprint density at radius 3 is 2.76 bits per heavy atom. The normalized spacial score (nSPS) is 35.0. The maximum absolute atomic E-state index is 6.27. The van der Waals surface area contributed by atoms with Gasteiger partial charge >= 0.3 is 0 Å². The minimum Gasteiger partial charge on any atom is -0.270 e. The van der Waals surface area contributed by atoms with Crippen molar-refractivity contribution in [2.75, 3.05) is 5.88 Å². The molecule has 0 aromatic carbocycles. The standard InChI is InChI=1S/C14H21ClN2/c1-3-17-13(4-10(2)16-17)8-14(9-15)6-11-5-12(11)7-14/h4,11-12H,3,5-9H2,1-2H3. The molecule has 0 aliphatic heterocycles. The number of halogens is 1. The number of rotatable bonds is 4. The first-order chi connectivity index (χ1) is 8.15. The van der Waals surface area contributed by atoms with E-state index in [9.17, 15) is 0 Å². The summed E-state index contributed by atoms with van der Waals surface area (Å²) in [5.74, 6) is 2.80. The van der Waals surface area contributed by atoms with Gasteiger partial charge in [0.25, 0.3) is 0 Å². The molecule has 1 aromatic heterocycles. The van der Waals surface area contributed by atoms with Crippen LogP contribution in [0.1, 0.15) is 37.6 Å². The van der Waals surface area contributed by atoms with Crippen LogP contribution in [-0.4, -0.2) is 15.7 Å². The maximum Gasteiger partial charge on any atom is 0.0596 e. The first-order valence-corrected chi connectivity index (χ1v) is 7.28. The van der Waals surface area contributed by atoms with Gasteiger partial charge in [-0.3, -0.25) is 4.68 Å². The van der Waals surface area contributed by atoms with E-state index in [2.05, 4.69) is 29.7 Å². The van der Waals surface area contributed by atoms with Gasteiger partial charge in [0, 0.05) is 18.1 Å². The van der Waals surface area contributed by atoms with Crippen molar-refractivity contribution in [3.63, 3.8) is 0 Å². The second-order valence-electron chi connectivity index (χ2n) is 6.07. The van der Waals surface area contributed by atoms with Crippen LogP contribution in [0.25, 0.3) is 0 Å². The molecular formula is C14H21ClN2. The van der Waals surface area contributed by atoms with Gasteiger partial charge in [-0.1, -0.05) is 0 Å². The molecule has 2 saturated carbocycles. The molecular weight excluding hydrogens is 232 g/mol. The molecule has 2 aliphatic rings. The Morgan fingerprint density at radius 1 is 1.47 bits per heavy atom. The van der Waals surface area contributed by atoms with Crippen molar-refractivity contribution in [3.05, 3.63) is 17.5 Å². The molecule has 1 heterocycles. The third kappa shape index (κ3) is 2.01. The molecule has 0 bridgehead atoms. The lowest BCUT2D eigenvalue weighted by Crippen LogP contribution is -2.25. The van der Waals surface area contributed by atoms with Crippen molar-refractivity contribution >= 4 is 11.6 Å². The highest BCUT2D eigenvalue weighted by atomic mass is 35.5. The second-order valence-corrected chi connectivity index (χ2v) is 6.33. The molecule has 3 rings (SSSR count). The average molecular weight is 253 g/mol. The molecule has 17 heavy (non-hydrogen) atoms. The Morgan fingerprint density at radius 2 is 2.18 bits per heavy atom. The van der Waals surface area contributed by atoms with Crippen LogP contribution in [0.4, 0.5) is 0 Å². The topological polar surface area (TPSA) is 17.8 Å². The summed E-state index contributed by atoms with van der Waals surface area (Å²) in [6, 6.07) is 2.24. The molecule has 2 unspecified atom stereocenters. The molecule has 2 atom stereocenters. The van der Waals surface area contributed by atoms with Gasteiger partial charge in [0.05, 0.1) is 5.69 Å². The number of fused-ring (bicyclic) bond motifs is 1. The summed E-state index contributed by atoms with van der Waals surface area (Å²) in [6.45, 7) is 5.21. The summed E-state index contributed by atoms with van der Waals surface area (Å²) in [7, 11) is 0. The predicted molar refractivity (Wildman–Crippen MR) is 70.3 cm³/mol. The second kappa shape index (κ2) is 4.01. The van der Waals surface area contributed by atoms with Crippen LogP contribution in [0.5, 0.6) is 0 Å². The van der Waals surface area contributed by atoms with Crippen molar-refractivity contribution in [1.82, 2.24) is 9.78 Å². The third-order valence-corrected chi connectivity index (χ3v) is 5.15. The highest BCUT2D eigenvalue weighted by Crippen LogP contribution is 2.61. The lowest BCUT2D eigenvalue weighted by atomic mass is 9.80. The molecule has 2 nitrogen and oxygen atoms in total. The summed E-state index contributed by atoms with van der Waals surface area (Å²) < 4.78 is 2.15. The fourth-order valence-electron chi connectivity index (χ4n) is 3.71. The first-order valence-electron chi connectivity index (χ1n) is 6.75. The van der Waals surface area contributed by atoms with Gasteiger partial charge < -0.3 is 0 Å². The fraction of sp³-hybridized carbons (Fsp3) is 0.786. The zero-order valence-corrected chi connectivity index (χ0v) is 11.5. The van der Waals surface area contributed by atoms with Crippen LogP contribution < -0.4 is 0 Å². The van der Waals surface area contributed by atoms with Crippen molar-refractivity contribution < 1.29 is 0 Å². The Kier molecular flexibility index (Phi) is 2.73. The van der Waals surface area contributed by atoms with Crippen LogP contribution >= 0.6 is 11.6 Å². The molecule has 0 N–H and O–H groups in total. The lowest BCUT2D eigenvalue weighted by molar-refractivity contribution is 0.294. The number of nitrogens with zero attached hydrogens (tertiary/aromatic N) is 2. The third-order valence-electron chi connectivity index (χ3n) is 4.58. The molecule has 2 aliphatic carbocycles. The molecule has 1 aromatic rings. The van der Waals surface area contributed by atoms with E-state index in [1.54, 1.807) is 0 Å². The van der Waals surface area contributed by atoms with Gasteiger partial charge in [0.1, 0.15) is 0 Å². The van der Waals surface area contributed by atoms with Crippen molar-refractivity contribution in [3.8, 4) is 0 Å². The minimum absolute atomic E-state index is 0.370. The molecule has 0 saturated heterocycles. The van der Waals surface area contributed by atoms with Gasteiger partial charge in [-0.25, -0.2) is 0 Å². The van der Waals surface area contributed by atoms with Crippen LogP contribution in [0.15, 0.2) is 6.07 Å². The lowest BCUT2D eigenvalue weighted by Gasteiger charge is -2.28. The van der Waals surface area contributed by atoms with E-state index in [4.69, 9.17) is 11.6 Å². The minimum atomic E-state index is 0.370. The van der Waals surface area contributed by atoms with Gasteiger partial charge in [-0.05, 0) is 62.8 Å². The summed E-state index contributed by atoms with van der Waals surface area (Å²) in [4.78, 5) is 0. The number of hydrogen-bond acceptors (Lipinski definition) is 1. The predicted octanol–water partition coefficient (Wildman–Crippen LogP) is 3.41. The first kappa shape index (κ1) is 11.6. The van der Waals surface area contributed by atoms with Crippen molar-refractivity contribution in [2.24, 2.45) is 17.3 Å². The van der Waals surface area contributed by atoms with E-state index in [0.29, 0.717) is 5.41 Å². The summed E-state index contributed by atoms with van der Waals surface area (Å²) in [5.41, 5.74) is 2.89. The van der Waals surface area contributed by atoms with Gasteiger partial charge in [-0.15, -0.1) is 11.6 Å². The zero-order valence-electron chi connectivity index (χ0n) is 10.7. The highest BCUT2D eigenvalue weighted by Gasteiger charge is 2.53. The number of hydrogen-bond donors (Lipinski definition) is 0. The van der Waals surface area contributed by atoms with Gasteiger partial charge in [0.2, 0.25) is 0 Å². The summed E-state index contributed by atoms with van der Waals surface area (Å²) >= 11 is 6.27. The van der Waals surface area contributed by atoms with E-state index < -0.39 is 0 Å². The summed E-state index contributed by atoms with van der Waals surface area (Å²) in [5, 5.41) is 4.54. The quantitative estimate of drug-likeness (QED) is 0.751. The largest absolute Gasteiger partial charge is 0.270 e. The van der Waals surface area contributed by atoms with Crippen LogP contribution in [0.3, 0.4) is 0 Å². The molecule has 0 amide bonds. The van der Waals surface area contributed by atoms with Gasteiger partial charge in [-0.2, -0.15) is 5.10 Å². The van der Waals surface area contributed by atoms with Gasteiger partial charge in [0.15, 0.2) is 0 Å². The number of aromatic nitrogens is 2. The Bertz CT molecular complexity index is 414. The van der Waals surface area contributed by atoms with E-state index in [0.717, 1.165) is 36.4 Å². The van der Waals surface area contributed by atoms with E-state index in [1.165, 1.54) is 25.0 Å². The Balaban J connectivity index is 1.80. The molecule has 2 fully saturated rings. The average Bonchev–Trinajstić information content (AvgIpc) is 2.78. The van der Waals surface area contributed by atoms with E-state index in [1.807, 2.05) is 0 Å². The SMILES string of the molecule is CCn1nc(C)cc1CC1(CCl)CC2CC2C1. The van der Waals surface area contributed by atoms with Crippen molar-refractivity contribution in [2.45, 2.75) is 46.1 Å². The molecule has 94 valence electrons. The monoisotopic (exact) mass is 252 g/mol. The van der Waals surface area contributed by atoms with Crippen LogP contribution in [0, 0.1) is 24.2 Å². The molecule has 0 spiro atoms. The zero-order chi connectivity index (χ0) is 12.0. The van der Waals surface area contributed by atoms with Crippen LogP contribution in [0.2, 0.25) is 0 Å². The number of alkyl halides is 1. The number of aryl methyl sites for hydroxylation is 2. The Hall–Kier alpha value is -0.500.